The number of nitrogens with zero attached hydrogens (tertiary/aromatic N) is 4. The number of carbonyl (C=O) groups is 2. The minimum Gasteiger partial charge on any atom is -0.469 e. The summed E-state index contributed by atoms with van der Waals surface area (Å²) in [6.45, 7) is 3.55. The second-order valence-electron chi connectivity index (χ2n) is 7.63. The van der Waals surface area contributed by atoms with Gasteiger partial charge in [-0.15, -0.1) is 0 Å². The Morgan fingerprint density at radius 3 is 2.47 bits per heavy atom. The summed E-state index contributed by atoms with van der Waals surface area (Å²) in [4.78, 5) is 44.7. The third-order valence-corrected chi connectivity index (χ3v) is 5.49. The Bertz CT molecular complexity index is 971. The molecule has 0 atom stereocenters. The van der Waals surface area contributed by atoms with E-state index in [0.717, 1.165) is 25.7 Å². The first kappa shape index (κ1) is 23.1. The summed E-state index contributed by atoms with van der Waals surface area (Å²) >= 11 is 0. The number of ketones is 1. The van der Waals surface area contributed by atoms with E-state index < -0.39 is 16.7 Å². The van der Waals surface area contributed by atoms with E-state index in [-0.39, 0.29) is 29.6 Å². The van der Waals surface area contributed by atoms with E-state index in [4.69, 9.17) is 4.74 Å². The molecule has 0 saturated carbocycles. The van der Waals surface area contributed by atoms with Crippen LogP contribution < -0.4 is 9.64 Å². The number of carbonyl (C=O) groups excluding carboxylic acids is 2. The number of benzene rings is 1. The van der Waals surface area contributed by atoms with Gasteiger partial charge in [0, 0.05) is 18.7 Å². The van der Waals surface area contributed by atoms with Crippen molar-refractivity contribution < 1.29 is 24.0 Å². The highest BCUT2D eigenvalue weighted by Crippen LogP contribution is 2.37. The fourth-order valence-electron chi connectivity index (χ4n) is 3.79. The smallest absolute Gasteiger partial charge is 0.373 e. The summed E-state index contributed by atoms with van der Waals surface area (Å²) in [6, 6.07) is 5.94. The third-order valence-electron chi connectivity index (χ3n) is 5.49. The molecule has 3 rings (SSSR count). The summed E-state index contributed by atoms with van der Waals surface area (Å²) in [5.41, 5.74) is 0.0165. The standard InChI is InChI=1S/C22H26N4O6/c1-3-4-15-9-11-25(12-10-15)21-20(26(29)30)22(24-14-23-21)32-17-7-5-16(6-8-17)18(27)13-19(28)31-2/h5-8,14-15H,3-4,9-13H2,1-2H3. The molecule has 32 heavy (non-hydrogen) atoms. The molecule has 0 aliphatic carbocycles. The molecule has 0 unspecified atom stereocenters. The molecule has 170 valence electrons. The van der Waals surface area contributed by atoms with Crippen LogP contribution in [0.2, 0.25) is 0 Å². The molecule has 1 aliphatic rings. The summed E-state index contributed by atoms with van der Waals surface area (Å²) < 4.78 is 10.2. The van der Waals surface area contributed by atoms with Gasteiger partial charge in [-0.05, 0) is 43.0 Å². The highest BCUT2D eigenvalue weighted by molar-refractivity contribution is 6.05. The van der Waals surface area contributed by atoms with E-state index in [9.17, 15) is 19.7 Å². The van der Waals surface area contributed by atoms with Gasteiger partial charge in [-0.25, -0.2) is 4.98 Å². The van der Waals surface area contributed by atoms with E-state index in [1.807, 2.05) is 4.90 Å². The van der Waals surface area contributed by atoms with Crippen molar-refractivity contribution in [2.24, 2.45) is 5.92 Å². The summed E-state index contributed by atoms with van der Waals surface area (Å²) in [6.07, 6.45) is 5.10. The van der Waals surface area contributed by atoms with Gasteiger partial charge in [-0.2, -0.15) is 4.98 Å². The van der Waals surface area contributed by atoms with Gasteiger partial charge in [0.05, 0.1) is 12.0 Å². The van der Waals surface area contributed by atoms with Gasteiger partial charge in [0.15, 0.2) is 5.78 Å². The van der Waals surface area contributed by atoms with Crippen molar-refractivity contribution in [3.8, 4) is 11.6 Å². The van der Waals surface area contributed by atoms with Crippen LogP contribution in [0.1, 0.15) is 49.4 Å². The molecular formula is C22H26N4O6. The number of hydrogen-bond donors (Lipinski definition) is 0. The lowest BCUT2D eigenvalue weighted by Gasteiger charge is -2.32. The van der Waals surface area contributed by atoms with E-state index in [1.165, 1.54) is 37.7 Å². The number of esters is 1. The van der Waals surface area contributed by atoms with Crippen LogP contribution in [0.25, 0.3) is 0 Å². The lowest BCUT2D eigenvalue weighted by Crippen LogP contribution is -2.34. The number of Topliss-reactive ketones (excluding diaryl/α,β-unsaturated/α-hetero) is 1. The van der Waals surface area contributed by atoms with Crippen molar-refractivity contribution in [1.82, 2.24) is 9.97 Å². The zero-order valence-electron chi connectivity index (χ0n) is 18.2. The Morgan fingerprint density at radius 1 is 1.19 bits per heavy atom. The van der Waals surface area contributed by atoms with Gasteiger partial charge in [0.1, 0.15) is 18.5 Å². The molecule has 0 amide bonds. The Morgan fingerprint density at radius 2 is 1.88 bits per heavy atom. The zero-order chi connectivity index (χ0) is 23.1. The average molecular weight is 442 g/mol. The van der Waals surface area contributed by atoms with E-state index in [0.29, 0.717) is 24.6 Å². The molecule has 0 bridgehead atoms. The first-order valence-corrected chi connectivity index (χ1v) is 10.5. The molecule has 0 N–H and O–H groups in total. The van der Waals surface area contributed by atoms with Crippen molar-refractivity contribution in [3.05, 3.63) is 46.3 Å². The number of aromatic nitrogens is 2. The Kier molecular flexibility index (Phi) is 7.69. The highest BCUT2D eigenvalue weighted by Gasteiger charge is 2.31. The van der Waals surface area contributed by atoms with Crippen molar-refractivity contribution in [3.63, 3.8) is 0 Å². The molecule has 0 radical (unpaired) electrons. The van der Waals surface area contributed by atoms with Crippen molar-refractivity contribution in [2.75, 3.05) is 25.1 Å². The largest absolute Gasteiger partial charge is 0.469 e. The Labute approximate surface area is 185 Å². The van der Waals surface area contributed by atoms with Crippen molar-refractivity contribution in [1.29, 1.82) is 0 Å². The van der Waals surface area contributed by atoms with Crippen molar-refractivity contribution in [2.45, 2.75) is 39.0 Å². The molecule has 2 heterocycles. The third kappa shape index (κ3) is 5.57. The maximum Gasteiger partial charge on any atom is 0.373 e. The normalized spacial score (nSPS) is 14.1. The molecule has 10 nitrogen and oxygen atoms in total. The molecule has 1 fully saturated rings. The van der Waals surface area contributed by atoms with Crippen LogP contribution in [0.15, 0.2) is 30.6 Å². The van der Waals surface area contributed by atoms with Crippen LogP contribution >= 0.6 is 0 Å². The van der Waals surface area contributed by atoms with E-state index in [1.54, 1.807) is 0 Å². The van der Waals surface area contributed by atoms with Gasteiger partial charge in [-0.1, -0.05) is 19.8 Å². The van der Waals surface area contributed by atoms with Gasteiger partial charge < -0.3 is 14.4 Å². The van der Waals surface area contributed by atoms with E-state index in [2.05, 4.69) is 21.6 Å². The molecule has 2 aromatic rings. The Hall–Kier alpha value is -3.56. The van der Waals surface area contributed by atoms with Crippen LogP contribution in [-0.4, -0.2) is 46.8 Å². The number of methoxy groups -OCH3 is 1. The number of anilines is 1. The van der Waals surface area contributed by atoms with Crippen molar-refractivity contribution >= 4 is 23.3 Å². The van der Waals surface area contributed by atoms with Gasteiger partial charge in [0.2, 0.25) is 5.82 Å². The molecule has 1 aromatic carbocycles. The lowest BCUT2D eigenvalue weighted by molar-refractivity contribution is -0.385. The second-order valence-corrected chi connectivity index (χ2v) is 7.63. The maximum atomic E-state index is 12.1. The number of nitro groups is 1. The number of ether oxygens (including phenoxy) is 2. The summed E-state index contributed by atoms with van der Waals surface area (Å²) in [5, 5.41) is 11.8. The molecule has 10 heteroatoms. The average Bonchev–Trinajstić information content (AvgIpc) is 2.80. The maximum absolute atomic E-state index is 12.1. The minimum atomic E-state index is -0.627. The minimum absolute atomic E-state index is 0.163. The molecule has 1 aromatic heterocycles. The van der Waals surface area contributed by atoms with Gasteiger partial charge >= 0.3 is 17.5 Å². The molecule has 1 aliphatic heterocycles. The van der Waals surface area contributed by atoms with Crippen LogP contribution in [-0.2, 0) is 9.53 Å². The van der Waals surface area contributed by atoms with E-state index >= 15 is 0 Å². The summed E-state index contributed by atoms with van der Waals surface area (Å²) in [7, 11) is 1.21. The first-order chi connectivity index (χ1) is 15.4. The number of rotatable bonds is 9. The predicted octanol–water partition coefficient (Wildman–Crippen LogP) is 3.94. The second kappa shape index (κ2) is 10.7. The molecular weight excluding hydrogens is 416 g/mol. The number of hydrogen-bond acceptors (Lipinski definition) is 9. The number of piperidine rings is 1. The summed E-state index contributed by atoms with van der Waals surface area (Å²) in [5.74, 6) is -0.0326. The van der Waals surface area contributed by atoms with Crippen LogP contribution in [0.4, 0.5) is 11.5 Å². The Balaban J connectivity index is 1.77. The van der Waals surface area contributed by atoms with Gasteiger partial charge in [-0.3, -0.25) is 19.7 Å². The zero-order valence-corrected chi connectivity index (χ0v) is 18.2. The molecule has 1 saturated heterocycles. The highest BCUT2D eigenvalue weighted by atomic mass is 16.6. The van der Waals surface area contributed by atoms with Crippen LogP contribution in [0, 0.1) is 16.0 Å². The topological polar surface area (TPSA) is 125 Å². The SMILES string of the molecule is CCCC1CCN(c2ncnc(Oc3ccc(C(=O)CC(=O)OC)cc3)c2[N+](=O)[O-])CC1. The fourth-order valence-corrected chi connectivity index (χ4v) is 3.79. The lowest BCUT2D eigenvalue weighted by atomic mass is 9.92. The first-order valence-electron chi connectivity index (χ1n) is 10.5. The monoisotopic (exact) mass is 442 g/mol. The molecule has 0 spiro atoms. The predicted molar refractivity (Wildman–Crippen MR) is 116 cm³/mol. The fraction of sp³-hybridized carbons (Fsp3) is 0.455. The van der Waals surface area contributed by atoms with Crippen LogP contribution in [0.5, 0.6) is 11.6 Å². The quantitative estimate of drug-likeness (QED) is 0.187. The van der Waals surface area contributed by atoms with Crippen LogP contribution in [0.3, 0.4) is 0 Å². The van der Waals surface area contributed by atoms with Gasteiger partial charge in [0.25, 0.3) is 0 Å².